The lowest BCUT2D eigenvalue weighted by Crippen LogP contribution is -2.24. The number of benzene rings is 2. The normalized spacial score (nSPS) is 13.1. The quantitative estimate of drug-likeness (QED) is 0.540. The summed E-state index contributed by atoms with van der Waals surface area (Å²) in [6, 6.07) is 22.4. The van der Waals surface area contributed by atoms with Gasteiger partial charge in [0.05, 0.1) is 12.0 Å². The molecule has 0 aliphatic heterocycles. The highest BCUT2D eigenvalue weighted by Gasteiger charge is 2.26. The molecule has 0 amide bonds. The predicted molar refractivity (Wildman–Crippen MR) is 104 cm³/mol. The van der Waals surface area contributed by atoms with E-state index >= 15 is 0 Å². The van der Waals surface area contributed by atoms with Crippen molar-refractivity contribution in [2.24, 2.45) is 0 Å². The molecule has 0 aliphatic rings. The van der Waals surface area contributed by atoms with Crippen molar-refractivity contribution in [1.29, 1.82) is 0 Å². The van der Waals surface area contributed by atoms with E-state index in [4.69, 9.17) is 9.26 Å². The first-order valence-electron chi connectivity index (χ1n) is 8.90. The maximum atomic E-state index is 10.7. The second-order valence-corrected chi connectivity index (χ2v) is 6.63. The minimum Gasteiger partial charge on any atom is -0.439 e. The summed E-state index contributed by atoms with van der Waals surface area (Å²) in [4.78, 5) is 8.67. The van der Waals surface area contributed by atoms with E-state index in [1.807, 2.05) is 66.7 Å². The van der Waals surface area contributed by atoms with Gasteiger partial charge in [-0.15, -0.1) is 0 Å². The summed E-state index contributed by atoms with van der Waals surface area (Å²) in [7, 11) is 0. The van der Waals surface area contributed by atoms with Crippen LogP contribution >= 0.6 is 0 Å². The Kier molecular flexibility index (Phi) is 4.87. The molecule has 0 radical (unpaired) electrons. The van der Waals surface area contributed by atoms with Crippen molar-refractivity contribution in [2.75, 3.05) is 0 Å². The van der Waals surface area contributed by atoms with Gasteiger partial charge in [-0.3, -0.25) is 0 Å². The highest BCUT2D eigenvalue weighted by molar-refractivity contribution is 5.53. The minimum absolute atomic E-state index is 0.215. The van der Waals surface area contributed by atoms with Crippen LogP contribution in [-0.4, -0.2) is 20.2 Å². The molecular weight excluding hydrogens is 354 g/mol. The molecule has 28 heavy (non-hydrogen) atoms. The van der Waals surface area contributed by atoms with E-state index in [2.05, 4.69) is 15.1 Å². The van der Waals surface area contributed by atoms with E-state index in [-0.39, 0.29) is 6.42 Å². The molecule has 1 atom stereocenters. The Bertz CT molecular complexity index is 1030. The average molecular weight is 373 g/mol. The molecule has 2 heterocycles. The fourth-order valence-electron chi connectivity index (χ4n) is 2.82. The fourth-order valence-corrected chi connectivity index (χ4v) is 2.82. The molecule has 0 saturated carbocycles. The van der Waals surface area contributed by atoms with Crippen LogP contribution < -0.4 is 4.74 Å². The van der Waals surface area contributed by atoms with E-state index in [0.29, 0.717) is 28.9 Å². The number of para-hydroxylation sites is 1. The van der Waals surface area contributed by atoms with Gasteiger partial charge < -0.3 is 14.4 Å². The monoisotopic (exact) mass is 373 g/mol. The highest BCUT2D eigenvalue weighted by Crippen LogP contribution is 2.26. The average Bonchev–Trinajstić information content (AvgIpc) is 3.18. The van der Waals surface area contributed by atoms with Crippen LogP contribution in [0.2, 0.25) is 0 Å². The van der Waals surface area contributed by atoms with E-state index in [0.717, 1.165) is 5.56 Å². The summed E-state index contributed by atoms with van der Waals surface area (Å²) >= 11 is 0. The third kappa shape index (κ3) is 4.07. The number of aliphatic hydroxyl groups is 1. The number of hydrogen-bond donors (Lipinski definition) is 1. The van der Waals surface area contributed by atoms with Crippen LogP contribution in [0.1, 0.15) is 18.4 Å². The van der Waals surface area contributed by atoms with E-state index in [1.54, 1.807) is 19.2 Å². The first-order valence-corrected chi connectivity index (χ1v) is 8.90. The Morgan fingerprint density at radius 1 is 0.964 bits per heavy atom. The molecule has 1 N–H and O–H groups in total. The lowest BCUT2D eigenvalue weighted by atomic mass is 9.93. The smallest absolute Gasteiger partial charge is 0.230 e. The van der Waals surface area contributed by atoms with E-state index < -0.39 is 5.60 Å². The van der Waals surface area contributed by atoms with Gasteiger partial charge in [-0.25, -0.2) is 4.98 Å². The summed E-state index contributed by atoms with van der Waals surface area (Å²) in [5.74, 6) is 1.96. The van der Waals surface area contributed by atoms with Crippen LogP contribution in [0.5, 0.6) is 11.6 Å². The molecule has 2 aromatic carbocycles. The number of nitrogens with zero attached hydrogens (tertiary/aromatic N) is 3. The summed E-state index contributed by atoms with van der Waals surface area (Å²) in [5.41, 5.74) is 0.394. The molecule has 4 rings (SSSR count). The largest absolute Gasteiger partial charge is 0.439 e. The van der Waals surface area contributed by atoms with Gasteiger partial charge >= 0.3 is 0 Å². The first kappa shape index (κ1) is 17.9. The van der Waals surface area contributed by atoms with Gasteiger partial charge in [0.15, 0.2) is 0 Å². The third-order valence-corrected chi connectivity index (χ3v) is 4.32. The molecular formula is C22H19N3O3. The lowest BCUT2D eigenvalue weighted by molar-refractivity contribution is 0.0490. The SMILES string of the molecule is C[C@](O)(Cc1nc(-c2ccc(Oc3ccccc3)nc2)no1)c1ccccc1. The van der Waals surface area contributed by atoms with Crippen molar-refractivity contribution in [2.45, 2.75) is 18.9 Å². The fraction of sp³-hybridized carbons (Fsp3) is 0.136. The molecule has 2 aromatic heterocycles. The summed E-state index contributed by atoms with van der Waals surface area (Å²) in [6.07, 6.45) is 1.84. The second kappa shape index (κ2) is 7.62. The molecule has 0 spiro atoms. The Balaban J connectivity index is 1.47. The van der Waals surface area contributed by atoms with Crippen molar-refractivity contribution in [3.8, 4) is 23.0 Å². The zero-order valence-corrected chi connectivity index (χ0v) is 15.3. The van der Waals surface area contributed by atoms with E-state index in [1.165, 1.54) is 0 Å². The molecule has 0 bridgehead atoms. The van der Waals surface area contributed by atoms with Crippen LogP contribution in [0, 0.1) is 0 Å². The molecule has 0 unspecified atom stereocenters. The van der Waals surface area contributed by atoms with Gasteiger partial charge in [-0.2, -0.15) is 4.98 Å². The second-order valence-electron chi connectivity index (χ2n) is 6.63. The van der Waals surface area contributed by atoms with Gasteiger partial charge in [-0.1, -0.05) is 53.7 Å². The van der Waals surface area contributed by atoms with Crippen LogP contribution in [0.4, 0.5) is 0 Å². The van der Waals surface area contributed by atoms with Crippen LogP contribution in [0.25, 0.3) is 11.4 Å². The summed E-state index contributed by atoms with van der Waals surface area (Å²) < 4.78 is 11.0. The van der Waals surface area contributed by atoms with Crippen LogP contribution in [0.15, 0.2) is 83.5 Å². The number of hydrogen-bond acceptors (Lipinski definition) is 6. The summed E-state index contributed by atoms with van der Waals surface area (Å²) in [5, 5.41) is 14.7. The van der Waals surface area contributed by atoms with Crippen molar-refractivity contribution in [3.05, 3.63) is 90.4 Å². The highest BCUT2D eigenvalue weighted by atomic mass is 16.5. The molecule has 6 nitrogen and oxygen atoms in total. The Morgan fingerprint density at radius 3 is 2.36 bits per heavy atom. The lowest BCUT2D eigenvalue weighted by Gasteiger charge is -2.21. The van der Waals surface area contributed by atoms with Gasteiger partial charge in [0.25, 0.3) is 0 Å². The zero-order chi connectivity index (χ0) is 19.4. The molecule has 0 aliphatic carbocycles. The van der Waals surface area contributed by atoms with E-state index in [9.17, 15) is 5.11 Å². The molecule has 0 fully saturated rings. The number of ether oxygens (including phenoxy) is 1. The maximum Gasteiger partial charge on any atom is 0.230 e. The minimum atomic E-state index is -1.10. The zero-order valence-electron chi connectivity index (χ0n) is 15.3. The maximum absolute atomic E-state index is 10.7. The van der Waals surface area contributed by atoms with Gasteiger partial charge in [-0.05, 0) is 30.7 Å². The third-order valence-electron chi connectivity index (χ3n) is 4.32. The van der Waals surface area contributed by atoms with Crippen molar-refractivity contribution in [1.82, 2.24) is 15.1 Å². The van der Waals surface area contributed by atoms with Crippen LogP contribution in [-0.2, 0) is 12.0 Å². The first-order chi connectivity index (χ1) is 13.6. The number of aromatic nitrogens is 3. The summed E-state index contributed by atoms with van der Waals surface area (Å²) in [6.45, 7) is 1.73. The van der Waals surface area contributed by atoms with Gasteiger partial charge in [0.1, 0.15) is 5.75 Å². The number of pyridine rings is 1. The van der Waals surface area contributed by atoms with Crippen LogP contribution in [0.3, 0.4) is 0 Å². The Morgan fingerprint density at radius 2 is 1.68 bits per heavy atom. The van der Waals surface area contributed by atoms with Crippen molar-refractivity contribution in [3.63, 3.8) is 0 Å². The predicted octanol–water partition coefficient (Wildman–Crippen LogP) is 4.37. The standard InChI is InChI=1S/C22H19N3O3/c1-22(26,17-8-4-2-5-9-17)14-20-24-21(25-28-20)16-12-13-19(23-15-16)27-18-10-6-3-7-11-18/h2-13,15,26H,14H2,1H3/t22-/m0/s1. The number of rotatable bonds is 6. The Hall–Kier alpha value is -3.51. The van der Waals surface area contributed by atoms with Crippen molar-refractivity contribution >= 4 is 0 Å². The molecule has 4 aromatic rings. The Labute approximate surface area is 162 Å². The van der Waals surface area contributed by atoms with Gasteiger partial charge in [0.2, 0.25) is 17.6 Å². The van der Waals surface area contributed by atoms with Crippen molar-refractivity contribution < 1.29 is 14.4 Å². The van der Waals surface area contributed by atoms with Gasteiger partial charge in [0, 0.05) is 17.8 Å². The topological polar surface area (TPSA) is 81.3 Å². The molecule has 140 valence electrons. The molecule has 0 saturated heterocycles. The molecule has 6 heteroatoms.